The van der Waals surface area contributed by atoms with Crippen LogP contribution in [0.5, 0.6) is 0 Å². The van der Waals surface area contributed by atoms with Gasteiger partial charge in [0.1, 0.15) is 18.2 Å². The molecular weight excluding hydrogens is 466 g/mol. The first-order valence-corrected chi connectivity index (χ1v) is 12.9. The molecule has 3 aromatic rings. The van der Waals surface area contributed by atoms with E-state index < -0.39 is 28.3 Å². The van der Waals surface area contributed by atoms with Gasteiger partial charge in [0.25, 0.3) is 10.0 Å². The summed E-state index contributed by atoms with van der Waals surface area (Å²) >= 11 is 1.54. The molecule has 5 nitrogen and oxygen atoms in total. The van der Waals surface area contributed by atoms with Crippen LogP contribution in [0.2, 0.25) is 0 Å². The topological polar surface area (TPSA) is 66.5 Å². The van der Waals surface area contributed by atoms with Gasteiger partial charge in [-0.3, -0.25) is 9.10 Å². The molecule has 33 heavy (non-hydrogen) atoms. The van der Waals surface area contributed by atoms with Gasteiger partial charge >= 0.3 is 0 Å². The Balaban J connectivity index is 1.58. The maximum absolute atomic E-state index is 14.4. The number of hydrogen-bond donors (Lipinski definition) is 1. The van der Waals surface area contributed by atoms with Crippen molar-refractivity contribution in [2.45, 2.75) is 17.1 Å². The molecular formula is C24H24F2N2O3S2. The summed E-state index contributed by atoms with van der Waals surface area (Å²) in [6, 6.07) is 19.6. The number of anilines is 1. The van der Waals surface area contributed by atoms with E-state index in [4.69, 9.17) is 0 Å². The summed E-state index contributed by atoms with van der Waals surface area (Å²) in [5.41, 5.74) is 0.426. The lowest BCUT2D eigenvalue weighted by Gasteiger charge is -2.24. The van der Waals surface area contributed by atoms with Crippen molar-refractivity contribution in [2.75, 3.05) is 23.1 Å². The van der Waals surface area contributed by atoms with E-state index in [1.807, 2.05) is 0 Å². The number of carbonyl (C=O) groups excluding carboxylic acids is 1. The van der Waals surface area contributed by atoms with Gasteiger partial charge < -0.3 is 5.32 Å². The third kappa shape index (κ3) is 6.79. The van der Waals surface area contributed by atoms with Crippen LogP contribution in [-0.2, 0) is 20.6 Å². The van der Waals surface area contributed by atoms with Crippen LogP contribution < -0.4 is 9.62 Å². The average molecular weight is 491 g/mol. The predicted molar refractivity (Wildman–Crippen MR) is 128 cm³/mol. The lowest BCUT2D eigenvalue weighted by atomic mass is 10.2. The molecule has 1 N–H and O–H groups in total. The first-order chi connectivity index (χ1) is 15.9. The standard InChI is InChI=1S/C24H24F2N2O3S2/c25-21-12-5-4-9-19(21)18-32-16-8-15-27-24(29)17-28(23-14-7-6-13-22(23)26)33(30,31)20-10-2-1-3-11-20/h1-7,9-14H,8,15-18H2,(H,27,29). The van der Waals surface area contributed by atoms with E-state index in [0.717, 1.165) is 10.4 Å². The van der Waals surface area contributed by atoms with Crippen molar-refractivity contribution in [1.29, 1.82) is 0 Å². The fourth-order valence-corrected chi connectivity index (χ4v) is 5.46. The number of amides is 1. The van der Waals surface area contributed by atoms with Gasteiger partial charge in [0.15, 0.2) is 0 Å². The number of benzene rings is 3. The Morgan fingerprint density at radius 2 is 1.52 bits per heavy atom. The highest BCUT2D eigenvalue weighted by Gasteiger charge is 2.28. The number of thioether (sulfide) groups is 1. The molecule has 0 saturated heterocycles. The van der Waals surface area contributed by atoms with Gasteiger partial charge in [-0.25, -0.2) is 17.2 Å². The highest BCUT2D eigenvalue weighted by molar-refractivity contribution is 7.98. The Kier molecular flexibility index (Phi) is 8.85. The molecule has 9 heteroatoms. The van der Waals surface area contributed by atoms with Gasteiger partial charge in [-0.15, -0.1) is 0 Å². The van der Waals surface area contributed by atoms with E-state index in [0.29, 0.717) is 30.0 Å². The molecule has 3 aromatic carbocycles. The predicted octanol–water partition coefficient (Wildman–Crippen LogP) is 4.60. The van der Waals surface area contributed by atoms with Gasteiger partial charge in [-0.1, -0.05) is 48.5 Å². The van der Waals surface area contributed by atoms with Crippen LogP contribution in [0.4, 0.5) is 14.5 Å². The molecule has 0 radical (unpaired) electrons. The minimum Gasteiger partial charge on any atom is -0.354 e. The Hall–Kier alpha value is -2.91. The second-order valence-corrected chi connectivity index (χ2v) is 10.1. The number of carbonyl (C=O) groups is 1. The fraction of sp³-hybridized carbons (Fsp3) is 0.208. The van der Waals surface area contributed by atoms with E-state index in [1.54, 1.807) is 36.4 Å². The van der Waals surface area contributed by atoms with Gasteiger partial charge in [-0.2, -0.15) is 11.8 Å². The number of nitrogens with one attached hydrogen (secondary N) is 1. The summed E-state index contributed by atoms with van der Waals surface area (Å²) in [7, 11) is -4.15. The van der Waals surface area contributed by atoms with E-state index in [-0.39, 0.29) is 16.4 Å². The van der Waals surface area contributed by atoms with E-state index in [9.17, 15) is 22.0 Å². The zero-order chi connectivity index (χ0) is 23.7. The number of hydrogen-bond acceptors (Lipinski definition) is 4. The highest BCUT2D eigenvalue weighted by atomic mass is 32.2. The Bertz CT molecular complexity index is 1180. The van der Waals surface area contributed by atoms with Gasteiger partial charge in [-0.05, 0) is 48.1 Å². The summed E-state index contributed by atoms with van der Waals surface area (Å²) in [6.07, 6.45) is 0.621. The number of rotatable bonds is 11. The Morgan fingerprint density at radius 1 is 0.879 bits per heavy atom. The Morgan fingerprint density at radius 3 is 2.21 bits per heavy atom. The maximum atomic E-state index is 14.4. The molecule has 1 amide bonds. The molecule has 0 aromatic heterocycles. The number of sulfonamides is 1. The molecule has 0 aliphatic rings. The zero-order valence-corrected chi connectivity index (χ0v) is 19.4. The monoisotopic (exact) mass is 490 g/mol. The van der Waals surface area contributed by atoms with Crippen LogP contribution >= 0.6 is 11.8 Å². The van der Waals surface area contributed by atoms with Crippen molar-refractivity contribution in [1.82, 2.24) is 5.32 Å². The quantitative estimate of drug-likeness (QED) is 0.399. The first kappa shape index (κ1) is 24.7. The lowest BCUT2D eigenvalue weighted by Crippen LogP contribution is -2.41. The molecule has 174 valence electrons. The third-order valence-electron chi connectivity index (χ3n) is 4.74. The molecule has 0 saturated carbocycles. The molecule has 0 spiro atoms. The van der Waals surface area contributed by atoms with Crippen molar-refractivity contribution < 1.29 is 22.0 Å². The summed E-state index contributed by atoms with van der Waals surface area (Å²) in [5.74, 6) is -0.317. The number of para-hydroxylation sites is 1. The van der Waals surface area contributed by atoms with Crippen molar-refractivity contribution in [2.24, 2.45) is 0 Å². The molecule has 0 aliphatic heterocycles. The molecule has 0 heterocycles. The summed E-state index contributed by atoms with van der Waals surface area (Å²) in [6.45, 7) is -0.236. The summed E-state index contributed by atoms with van der Waals surface area (Å²) in [5, 5.41) is 2.68. The molecule has 0 atom stereocenters. The van der Waals surface area contributed by atoms with E-state index in [2.05, 4.69) is 5.32 Å². The van der Waals surface area contributed by atoms with Crippen molar-refractivity contribution >= 4 is 33.4 Å². The van der Waals surface area contributed by atoms with Crippen LogP contribution in [-0.4, -0.2) is 33.2 Å². The first-order valence-electron chi connectivity index (χ1n) is 10.3. The second-order valence-electron chi connectivity index (χ2n) is 7.12. The zero-order valence-electron chi connectivity index (χ0n) is 17.8. The minimum absolute atomic E-state index is 0.0365. The fourth-order valence-electron chi connectivity index (χ4n) is 3.06. The van der Waals surface area contributed by atoms with Gasteiger partial charge in [0.2, 0.25) is 5.91 Å². The number of halogens is 2. The number of nitrogens with zero attached hydrogens (tertiary/aromatic N) is 1. The largest absolute Gasteiger partial charge is 0.354 e. The van der Waals surface area contributed by atoms with E-state index in [1.165, 1.54) is 48.2 Å². The Labute approximate surface area is 196 Å². The average Bonchev–Trinajstić information content (AvgIpc) is 2.82. The normalized spacial score (nSPS) is 11.2. The van der Waals surface area contributed by atoms with Crippen molar-refractivity contribution in [3.05, 3.63) is 96.1 Å². The van der Waals surface area contributed by atoms with Crippen LogP contribution in [0, 0.1) is 11.6 Å². The van der Waals surface area contributed by atoms with Crippen molar-refractivity contribution in [3.8, 4) is 0 Å². The van der Waals surface area contributed by atoms with Gasteiger partial charge in [0.05, 0.1) is 10.6 Å². The van der Waals surface area contributed by atoms with Crippen molar-refractivity contribution in [3.63, 3.8) is 0 Å². The molecule has 0 fully saturated rings. The molecule has 3 rings (SSSR count). The van der Waals surface area contributed by atoms with Crippen LogP contribution in [0.3, 0.4) is 0 Å². The molecule has 0 unspecified atom stereocenters. The maximum Gasteiger partial charge on any atom is 0.264 e. The van der Waals surface area contributed by atoms with Crippen LogP contribution in [0.1, 0.15) is 12.0 Å². The summed E-state index contributed by atoms with van der Waals surface area (Å²) < 4.78 is 55.1. The molecule has 0 aliphatic carbocycles. The van der Waals surface area contributed by atoms with Crippen LogP contribution in [0.25, 0.3) is 0 Å². The summed E-state index contributed by atoms with van der Waals surface area (Å²) in [4.78, 5) is 12.5. The third-order valence-corrected chi connectivity index (χ3v) is 7.61. The molecule has 0 bridgehead atoms. The smallest absolute Gasteiger partial charge is 0.264 e. The lowest BCUT2D eigenvalue weighted by molar-refractivity contribution is -0.119. The highest BCUT2D eigenvalue weighted by Crippen LogP contribution is 2.26. The van der Waals surface area contributed by atoms with Crippen LogP contribution in [0.15, 0.2) is 83.8 Å². The second kappa shape index (κ2) is 11.8. The minimum atomic E-state index is -4.15. The SMILES string of the molecule is O=C(CN(c1ccccc1F)S(=O)(=O)c1ccccc1)NCCCSCc1ccccc1F. The van der Waals surface area contributed by atoms with E-state index >= 15 is 0 Å². The van der Waals surface area contributed by atoms with Gasteiger partial charge in [0, 0.05) is 12.3 Å².